The Bertz CT molecular complexity index is 640. The first-order valence-corrected chi connectivity index (χ1v) is 8.21. The van der Waals surface area contributed by atoms with Crippen molar-refractivity contribution < 1.29 is 14.4 Å². The zero-order valence-corrected chi connectivity index (χ0v) is 13.5. The lowest BCUT2D eigenvalue weighted by Crippen LogP contribution is -2.56. The Morgan fingerprint density at radius 1 is 1.17 bits per heavy atom. The van der Waals surface area contributed by atoms with E-state index in [9.17, 15) is 14.4 Å². The zero-order valence-electron chi connectivity index (χ0n) is 13.5. The molecule has 2 aliphatic heterocycles. The van der Waals surface area contributed by atoms with Crippen LogP contribution in [0.15, 0.2) is 30.3 Å². The number of imide groups is 1. The van der Waals surface area contributed by atoms with Crippen molar-refractivity contribution in [3.05, 3.63) is 35.9 Å². The predicted molar refractivity (Wildman–Crippen MR) is 88.0 cm³/mol. The zero-order chi connectivity index (χ0) is 17.2. The molecule has 0 aliphatic carbocycles. The summed E-state index contributed by atoms with van der Waals surface area (Å²) in [6.45, 7) is 1.44. The fourth-order valence-electron chi connectivity index (χ4n) is 3.60. The van der Waals surface area contributed by atoms with Gasteiger partial charge in [0.2, 0.25) is 5.91 Å². The number of rotatable bonds is 5. The van der Waals surface area contributed by atoms with Crippen molar-refractivity contribution in [2.75, 3.05) is 26.2 Å². The van der Waals surface area contributed by atoms with Crippen LogP contribution in [0.1, 0.15) is 18.4 Å². The van der Waals surface area contributed by atoms with Gasteiger partial charge in [0.15, 0.2) is 0 Å². The second-order valence-corrected chi connectivity index (χ2v) is 6.31. The first-order valence-electron chi connectivity index (χ1n) is 8.21. The van der Waals surface area contributed by atoms with Crippen molar-refractivity contribution in [3.8, 4) is 0 Å². The van der Waals surface area contributed by atoms with Gasteiger partial charge in [-0.1, -0.05) is 30.3 Å². The van der Waals surface area contributed by atoms with Crippen LogP contribution in [0.3, 0.4) is 0 Å². The first kappa shape index (κ1) is 16.4. The summed E-state index contributed by atoms with van der Waals surface area (Å²) in [7, 11) is 0. The molecule has 2 heterocycles. The van der Waals surface area contributed by atoms with Crippen molar-refractivity contribution in [1.82, 2.24) is 15.1 Å². The lowest BCUT2D eigenvalue weighted by Gasteiger charge is -2.38. The monoisotopic (exact) mass is 330 g/mol. The number of nitrogens with two attached hydrogens (primary N) is 1. The fourth-order valence-corrected chi connectivity index (χ4v) is 3.60. The minimum atomic E-state index is -0.841. The van der Waals surface area contributed by atoms with E-state index >= 15 is 0 Å². The van der Waals surface area contributed by atoms with Crippen LogP contribution in [0.2, 0.25) is 0 Å². The maximum absolute atomic E-state index is 12.9. The third-order valence-electron chi connectivity index (χ3n) is 4.83. The summed E-state index contributed by atoms with van der Waals surface area (Å²) in [5.74, 6) is -0.966. The van der Waals surface area contributed by atoms with Gasteiger partial charge in [-0.3, -0.25) is 14.5 Å². The molecule has 1 aromatic rings. The summed E-state index contributed by atoms with van der Waals surface area (Å²) >= 11 is 0. The average Bonchev–Trinajstić information content (AvgIpc) is 2.76. The van der Waals surface area contributed by atoms with Crippen LogP contribution in [0.4, 0.5) is 4.79 Å². The molecule has 3 N–H and O–H groups in total. The molecule has 2 fully saturated rings. The molecule has 7 nitrogen and oxygen atoms in total. The van der Waals surface area contributed by atoms with Crippen LogP contribution in [-0.2, 0) is 16.0 Å². The lowest BCUT2D eigenvalue weighted by atomic mass is 9.86. The molecule has 3 rings (SSSR count). The minimum Gasteiger partial charge on any atom is -0.368 e. The van der Waals surface area contributed by atoms with E-state index in [1.165, 1.54) is 0 Å². The van der Waals surface area contributed by atoms with E-state index in [0.717, 1.165) is 10.5 Å². The minimum absolute atomic E-state index is 0.291. The van der Waals surface area contributed by atoms with E-state index in [0.29, 0.717) is 38.9 Å². The second-order valence-electron chi connectivity index (χ2n) is 6.31. The second kappa shape index (κ2) is 6.60. The van der Waals surface area contributed by atoms with E-state index in [-0.39, 0.29) is 12.5 Å². The van der Waals surface area contributed by atoms with Gasteiger partial charge in [-0.25, -0.2) is 4.79 Å². The fraction of sp³-hybridized carbons (Fsp3) is 0.471. The van der Waals surface area contributed by atoms with Crippen molar-refractivity contribution in [2.45, 2.75) is 24.8 Å². The number of nitrogens with one attached hydrogen (secondary N) is 1. The molecule has 1 spiro atoms. The van der Waals surface area contributed by atoms with Crippen LogP contribution < -0.4 is 11.1 Å². The smallest absolute Gasteiger partial charge is 0.328 e. The van der Waals surface area contributed by atoms with E-state index in [2.05, 4.69) is 5.32 Å². The molecule has 0 saturated carbocycles. The quantitative estimate of drug-likeness (QED) is 0.749. The van der Waals surface area contributed by atoms with Crippen molar-refractivity contribution in [1.29, 1.82) is 0 Å². The normalized spacial score (nSPS) is 20.0. The van der Waals surface area contributed by atoms with E-state index < -0.39 is 17.5 Å². The van der Waals surface area contributed by atoms with Crippen molar-refractivity contribution in [2.24, 2.45) is 5.73 Å². The highest BCUT2D eigenvalue weighted by molar-refractivity contribution is 6.09. The Morgan fingerprint density at radius 2 is 1.83 bits per heavy atom. The Kier molecular flexibility index (Phi) is 4.53. The summed E-state index contributed by atoms with van der Waals surface area (Å²) in [6, 6.07) is 9.43. The standard InChI is InChI=1S/C17H22N4O3/c18-14(22)12-20-15(23)17(7-9-19-10-8-17)21(16(20)24)11-6-13-4-2-1-3-5-13/h1-5,19H,6-12H2,(H2,18,22). The molecule has 0 radical (unpaired) electrons. The highest BCUT2D eigenvalue weighted by atomic mass is 16.2. The number of hydrogen-bond donors (Lipinski definition) is 2. The summed E-state index contributed by atoms with van der Waals surface area (Å²) < 4.78 is 0. The van der Waals surface area contributed by atoms with Crippen LogP contribution >= 0.6 is 0 Å². The molecule has 2 aliphatic rings. The Labute approximate surface area is 140 Å². The molecule has 24 heavy (non-hydrogen) atoms. The largest absolute Gasteiger partial charge is 0.368 e. The van der Waals surface area contributed by atoms with Crippen LogP contribution in [0.25, 0.3) is 0 Å². The Hall–Kier alpha value is -2.41. The van der Waals surface area contributed by atoms with Gasteiger partial charge in [0.05, 0.1) is 0 Å². The predicted octanol–water partition coefficient (Wildman–Crippen LogP) is 0.101. The molecule has 0 bridgehead atoms. The molecule has 1 aromatic carbocycles. The van der Waals surface area contributed by atoms with Gasteiger partial charge < -0.3 is 16.0 Å². The van der Waals surface area contributed by atoms with Gasteiger partial charge in [0.25, 0.3) is 5.91 Å². The average molecular weight is 330 g/mol. The summed E-state index contributed by atoms with van der Waals surface area (Å²) in [6.07, 6.45) is 1.78. The molecule has 7 heteroatoms. The summed E-state index contributed by atoms with van der Waals surface area (Å²) in [5, 5.41) is 3.22. The number of piperidine rings is 1. The van der Waals surface area contributed by atoms with Gasteiger partial charge in [-0.05, 0) is 37.9 Å². The number of amides is 4. The van der Waals surface area contributed by atoms with Crippen LogP contribution in [0, 0.1) is 0 Å². The number of carbonyl (C=O) groups excluding carboxylic acids is 3. The number of hydrogen-bond acceptors (Lipinski definition) is 4. The lowest BCUT2D eigenvalue weighted by molar-refractivity contribution is -0.136. The Balaban J connectivity index is 1.84. The number of carbonyl (C=O) groups is 3. The molecular weight excluding hydrogens is 308 g/mol. The molecule has 0 unspecified atom stereocenters. The first-order chi connectivity index (χ1) is 11.5. The number of primary amides is 1. The summed E-state index contributed by atoms with van der Waals surface area (Å²) in [5.41, 5.74) is 5.48. The van der Waals surface area contributed by atoms with Crippen molar-refractivity contribution >= 4 is 17.8 Å². The van der Waals surface area contributed by atoms with Crippen molar-refractivity contribution in [3.63, 3.8) is 0 Å². The SMILES string of the molecule is NC(=O)CN1C(=O)N(CCc2ccccc2)C2(CCNCC2)C1=O. The molecule has 2 saturated heterocycles. The molecular formula is C17H22N4O3. The van der Waals surface area contributed by atoms with Gasteiger partial charge in [-0.15, -0.1) is 0 Å². The maximum Gasteiger partial charge on any atom is 0.328 e. The maximum atomic E-state index is 12.9. The van der Waals surface area contributed by atoms with E-state index in [1.807, 2.05) is 30.3 Å². The third-order valence-corrected chi connectivity index (χ3v) is 4.83. The highest BCUT2D eigenvalue weighted by Crippen LogP contribution is 2.35. The topological polar surface area (TPSA) is 95.7 Å². The molecule has 4 amide bonds. The van der Waals surface area contributed by atoms with Gasteiger partial charge in [-0.2, -0.15) is 0 Å². The van der Waals surface area contributed by atoms with E-state index in [4.69, 9.17) is 5.73 Å². The van der Waals surface area contributed by atoms with Crippen LogP contribution in [-0.4, -0.2) is 59.4 Å². The van der Waals surface area contributed by atoms with Gasteiger partial charge >= 0.3 is 6.03 Å². The van der Waals surface area contributed by atoms with Gasteiger partial charge in [0, 0.05) is 6.54 Å². The third kappa shape index (κ3) is 2.87. The number of urea groups is 1. The molecule has 0 aromatic heterocycles. The number of benzene rings is 1. The number of nitrogens with zero attached hydrogens (tertiary/aromatic N) is 2. The van der Waals surface area contributed by atoms with Gasteiger partial charge in [0.1, 0.15) is 12.1 Å². The Morgan fingerprint density at radius 3 is 2.46 bits per heavy atom. The van der Waals surface area contributed by atoms with E-state index in [1.54, 1.807) is 4.90 Å². The van der Waals surface area contributed by atoms with Crippen LogP contribution in [0.5, 0.6) is 0 Å². The molecule has 0 atom stereocenters. The summed E-state index contributed by atoms with van der Waals surface area (Å²) in [4.78, 5) is 39.5. The molecule has 128 valence electrons. The highest BCUT2D eigenvalue weighted by Gasteiger charge is 2.57.